The Morgan fingerprint density at radius 1 is 1.33 bits per heavy atom. The molecular weight excluding hydrogens is 128 g/mol. The summed E-state index contributed by atoms with van der Waals surface area (Å²) in [7, 11) is 0. The number of rotatable bonds is 1. The summed E-state index contributed by atoms with van der Waals surface area (Å²) in [5.41, 5.74) is 0.155. The Balaban J connectivity index is 4.06. The zero-order valence-electron chi connectivity index (χ0n) is 6.56. The Morgan fingerprint density at radius 2 is 1.78 bits per heavy atom. The number of hydrogen-bond donors (Lipinski definition) is 0. The van der Waals surface area contributed by atoms with Gasteiger partial charge in [0.15, 0.2) is 0 Å². The van der Waals surface area contributed by atoms with E-state index in [0.717, 1.165) is 4.86 Å². The summed E-state index contributed by atoms with van der Waals surface area (Å²) >= 11 is 5.10. The molecule has 0 N–H and O–H groups in total. The van der Waals surface area contributed by atoms with Gasteiger partial charge in [-0.2, -0.15) is 0 Å². The van der Waals surface area contributed by atoms with Crippen LogP contribution in [-0.2, 0) is 0 Å². The SMILES string of the molecule is C/C=C/C(=S)C(C)(C)C. The van der Waals surface area contributed by atoms with E-state index in [1.807, 2.05) is 19.1 Å². The summed E-state index contributed by atoms with van der Waals surface area (Å²) in [6.07, 6.45) is 3.96. The summed E-state index contributed by atoms with van der Waals surface area (Å²) in [4.78, 5) is 1.02. The fourth-order valence-electron chi connectivity index (χ4n) is 0.401. The second kappa shape index (κ2) is 3.11. The van der Waals surface area contributed by atoms with Crippen LogP contribution >= 0.6 is 12.2 Å². The van der Waals surface area contributed by atoms with Crippen LogP contribution in [0.5, 0.6) is 0 Å². The molecule has 0 nitrogen and oxygen atoms in total. The number of hydrogen-bond acceptors (Lipinski definition) is 1. The number of thiocarbonyl (C=S) groups is 1. The fourth-order valence-corrected chi connectivity index (χ4v) is 0.537. The molecule has 0 aliphatic rings. The molecule has 0 fully saturated rings. The van der Waals surface area contributed by atoms with Gasteiger partial charge >= 0.3 is 0 Å². The summed E-state index contributed by atoms with van der Waals surface area (Å²) < 4.78 is 0. The Morgan fingerprint density at radius 3 is 1.89 bits per heavy atom. The maximum absolute atomic E-state index is 5.10. The normalized spacial score (nSPS) is 12.4. The molecule has 0 radical (unpaired) electrons. The van der Waals surface area contributed by atoms with Crippen molar-refractivity contribution in [2.24, 2.45) is 5.41 Å². The molecule has 0 aromatic carbocycles. The Kier molecular flexibility index (Phi) is 3.06. The Bertz CT molecular complexity index is 126. The van der Waals surface area contributed by atoms with Crippen LogP contribution < -0.4 is 0 Å². The second-order valence-electron chi connectivity index (χ2n) is 3.11. The minimum Gasteiger partial charge on any atom is -0.0865 e. The molecule has 9 heavy (non-hydrogen) atoms. The molecular formula is C8H14S. The lowest BCUT2D eigenvalue weighted by Crippen LogP contribution is -2.14. The summed E-state index contributed by atoms with van der Waals surface area (Å²) in [6, 6.07) is 0. The predicted octanol–water partition coefficient (Wildman–Crippen LogP) is 2.98. The van der Waals surface area contributed by atoms with Crippen molar-refractivity contribution in [2.45, 2.75) is 27.7 Å². The molecule has 0 saturated heterocycles. The topological polar surface area (TPSA) is 0 Å². The van der Waals surface area contributed by atoms with Gasteiger partial charge in [-0.15, -0.1) is 0 Å². The third kappa shape index (κ3) is 3.41. The molecule has 0 rings (SSSR count). The number of allylic oxidation sites excluding steroid dienone is 2. The van der Waals surface area contributed by atoms with Gasteiger partial charge in [0.25, 0.3) is 0 Å². The first kappa shape index (κ1) is 8.83. The van der Waals surface area contributed by atoms with Crippen LogP contribution in [0, 0.1) is 5.41 Å². The lowest BCUT2D eigenvalue weighted by molar-refractivity contribution is 0.604. The van der Waals surface area contributed by atoms with Gasteiger partial charge in [0, 0.05) is 4.86 Å². The minimum atomic E-state index is 0.155. The lowest BCUT2D eigenvalue weighted by atomic mass is 9.92. The summed E-state index contributed by atoms with van der Waals surface area (Å²) in [5, 5.41) is 0. The Hall–Kier alpha value is -0.170. The maximum Gasteiger partial charge on any atom is 0.0202 e. The average Bonchev–Trinajstić information content (AvgIpc) is 1.64. The zero-order valence-corrected chi connectivity index (χ0v) is 7.38. The van der Waals surface area contributed by atoms with Gasteiger partial charge in [-0.1, -0.05) is 45.1 Å². The van der Waals surface area contributed by atoms with Gasteiger partial charge < -0.3 is 0 Å². The van der Waals surface area contributed by atoms with Crippen molar-refractivity contribution in [1.29, 1.82) is 0 Å². The molecule has 0 atom stereocenters. The highest BCUT2D eigenvalue weighted by Gasteiger charge is 2.12. The van der Waals surface area contributed by atoms with Gasteiger partial charge in [-0.3, -0.25) is 0 Å². The third-order valence-electron chi connectivity index (χ3n) is 1.06. The average molecular weight is 142 g/mol. The van der Waals surface area contributed by atoms with E-state index in [0.29, 0.717) is 0 Å². The highest BCUT2D eigenvalue weighted by atomic mass is 32.1. The molecule has 0 unspecified atom stereocenters. The van der Waals surface area contributed by atoms with E-state index >= 15 is 0 Å². The molecule has 0 saturated carbocycles. The van der Waals surface area contributed by atoms with Crippen molar-refractivity contribution in [3.8, 4) is 0 Å². The van der Waals surface area contributed by atoms with Crippen LogP contribution in [0.1, 0.15) is 27.7 Å². The molecule has 0 spiro atoms. The molecule has 52 valence electrons. The van der Waals surface area contributed by atoms with Crippen molar-refractivity contribution >= 4 is 17.1 Å². The second-order valence-corrected chi connectivity index (χ2v) is 3.55. The third-order valence-corrected chi connectivity index (χ3v) is 1.81. The summed E-state index contributed by atoms with van der Waals surface area (Å²) in [6.45, 7) is 8.35. The highest BCUT2D eigenvalue weighted by Crippen LogP contribution is 2.16. The maximum atomic E-state index is 5.10. The van der Waals surface area contributed by atoms with Gasteiger partial charge in [0.2, 0.25) is 0 Å². The lowest BCUT2D eigenvalue weighted by Gasteiger charge is -2.16. The van der Waals surface area contributed by atoms with E-state index in [1.165, 1.54) is 0 Å². The minimum absolute atomic E-state index is 0.155. The van der Waals surface area contributed by atoms with E-state index in [2.05, 4.69) is 20.8 Å². The van der Waals surface area contributed by atoms with Gasteiger partial charge in [-0.25, -0.2) is 0 Å². The largest absolute Gasteiger partial charge is 0.0865 e. The van der Waals surface area contributed by atoms with Crippen LogP contribution in [0.3, 0.4) is 0 Å². The molecule has 0 heterocycles. The van der Waals surface area contributed by atoms with E-state index in [9.17, 15) is 0 Å². The van der Waals surface area contributed by atoms with E-state index in [1.54, 1.807) is 0 Å². The van der Waals surface area contributed by atoms with E-state index in [-0.39, 0.29) is 5.41 Å². The molecule has 0 bridgehead atoms. The van der Waals surface area contributed by atoms with E-state index < -0.39 is 0 Å². The molecule has 1 heteroatoms. The zero-order chi connectivity index (χ0) is 7.49. The van der Waals surface area contributed by atoms with Crippen molar-refractivity contribution in [3.63, 3.8) is 0 Å². The van der Waals surface area contributed by atoms with Gasteiger partial charge in [-0.05, 0) is 12.3 Å². The van der Waals surface area contributed by atoms with Crippen LogP contribution in [0.4, 0.5) is 0 Å². The molecule has 0 aromatic heterocycles. The quantitative estimate of drug-likeness (QED) is 0.400. The van der Waals surface area contributed by atoms with Crippen LogP contribution in [0.15, 0.2) is 12.2 Å². The molecule has 0 aromatic rings. The predicted molar refractivity (Wildman–Crippen MR) is 46.9 cm³/mol. The van der Waals surface area contributed by atoms with Crippen molar-refractivity contribution in [3.05, 3.63) is 12.2 Å². The smallest absolute Gasteiger partial charge is 0.0202 e. The molecule has 0 aliphatic carbocycles. The Labute approximate surface area is 63.0 Å². The highest BCUT2D eigenvalue weighted by molar-refractivity contribution is 7.80. The first-order chi connectivity index (χ1) is 3.98. The van der Waals surface area contributed by atoms with Gasteiger partial charge in [0.1, 0.15) is 0 Å². The summed E-state index contributed by atoms with van der Waals surface area (Å²) in [5.74, 6) is 0. The standard InChI is InChI=1S/C8H14S/c1-5-6-7(9)8(2,3)4/h5-6H,1-4H3/b6-5+. The van der Waals surface area contributed by atoms with Crippen molar-refractivity contribution in [1.82, 2.24) is 0 Å². The van der Waals surface area contributed by atoms with Crippen molar-refractivity contribution < 1.29 is 0 Å². The van der Waals surface area contributed by atoms with Crippen molar-refractivity contribution in [2.75, 3.05) is 0 Å². The first-order valence-corrected chi connectivity index (χ1v) is 3.56. The van der Waals surface area contributed by atoms with Crippen LogP contribution in [0.25, 0.3) is 0 Å². The monoisotopic (exact) mass is 142 g/mol. The van der Waals surface area contributed by atoms with Gasteiger partial charge in [0.05, 0.1) is 0 Å². The molecule has 0 aliphatic heterocycles. The van der Waals surface area contributed by atoms with E-state index in [4.69, 9.17) is 12.2 Å². The van der Waals surface area contributed by atoms with Crippen LogP contribution in [-0.4, -0.2) is 4.86 Å². The first-order valence-electron chi connectivity index (χ1n) is 3.15. The fraction of sp³-hybridized carbons (Fsp3) is 0.625. The molecule has 0 amide bonds. The van der Waals surface area contributed by atoms with Crippen LogP contribution in [0.2, 0.25) is 0 Å².